The van der Waals surface area contributed by atoms with Crippen molar-refractivity contribution in [1.82, 2.24) is 9.88 Å². The second-order valence-corrected chi connectivity index (χ2v) is 6.32. The van der Waals surface area contributed by atoms with Crippen molar-refractivity contribution in [3.63, 3.8) is 0 Å². The molecule has 0 fully saturated rings. The summed E-state index contributed by atoms with van der Waals surface area (Å²) in [6.07, 6.45) is 1.80. The standard InChI is InChI=1S/C16H20BrN3O/c1-10(2)20-9-14(18)8-15(20)16(21)19-11(3)12-4-6-13(17)7-5-12/h4-11H,18H2,1-3H3,(H,19,21)/t11-/m1/s1. The Balaban J connectivity index is 2.16. The largest absolute Gasteiger partial charge is 0.397 e. The average molecular weight is 350 g/mol. The number of nitrogens with zero attached hydrogens (tertiary/aromatic N) is 1. The van der Waals surface area contributed by atoms with Gasteiger partial charge in [-0.3, -0.25) is 4.79 Å². The lowest BCUT2D eigenvalue weighted by atomic mass is 10.1. The van der Waals surface area contributed by atoms with Gasteiger partial charge in [0, 0.05) is 16.7 Å². The molecule has 0 unspecified atom stereocenters. The van der Waals surface area contributed by atoms with Crippen LogP contribution < -0.4 is 11.1 Å². The molecule has 21 heavy (non-hydrogen) atoms. The summed E-state index contributed by atoms with van der Waals surface area (Å²) >= 11 is 3.41. The van der Waals surface area contributed by atoms with Crippen LogP contribution in [0.1, 0.15) is 48.9 Å². The van der Waals surface area contributed by atoms with Crippen molar-refractivity contribution >= 4 is 27.5 Å². The monoisotopic (exact) mass is 349 g/mol. The molecular weight excluding hydrogens is 330 g/mol. The van der Waals surface area contributed by atoms with Crippen molar-refractivity contribution in [3.05, 3.63) is 52.3 Å². The fraction of sp³-hybridized carbons (Fsp3) is 0.312. The van der Waals surface area contributed by atoms with Crippen molar-refractivity contribution in [2.75, 3.05) is 5.73 Å². The van der Waals surface area contributed by atoms with Crippen LogP contribution in [0.5, 0.6) is 0 Å². The van der Waals surface area contributed by atoms with Gasteiger partial charge in [-0.1, -0.05) is 28.1 Å². The minimum absolute atomic E-state index is 0.0673. The lowest BCUT2D eigenvalue weighted by Gasteiger charge is -2.17. The fourth-order valence-corrected chi connectivity index (χ4v) is 2.48. The molecule has 0 bridgehead atoms. The zero-order chi connectivity index (χ0) is 15.6. The van der Waals surface area contributed by atoms with Crippen molar-refractivity contribution in [3.8, 4) is 0 Å². The van der Waals surface area contributed by atoms with Crippen molar-refractivity contribution in [1.29, 1.82) is 0 Å². The van der Waals surface area contributed by atoms with E-state index in [0.29, 0.717) is 11.4 Å². The minimum Gasteiger partial charge on any atom is -0.397 e. The molecule has 0 aliphatic heterocycles. The number of benzene rings is 1. The molecule has 1 aromatic carbocycles. The molecule has 3 N–H and O–H groups in total. The maximum Gasteiger partial charge on any atom is 0.268 e. The van der Waals surface area contributed by atoms with Crippen LogP contribution in [0.15, 0.2) is 41.0 Å². The number of nitrogen functional groups attached to an aromatic ring is 1. The summed E-state index contributed by atoms with van der Waals surface area (Å²) in [5.41, 5.74) is 8.06. The second kappa shape index (κ2) is 6.35. The predicted octanol–water partition coefficient (Wildman–Crippen LogP) is 3.90. The fourth-order valence-electron chi connectivity index (χ4n) is 2.22. The van der Waals surface area contributed by atoms with Crippen LogP contribution in [-0.4, -0.2) is 10.5 Å². The number of hydrogen-bond acceptors (Lipinski definition) is 2. The highest BCUT2D eigenvalue weighted by Gasteiger charge is 2.17. The predicted molar refractivity (Wildman–Crippen MR) is 89.3 cm³/mol. The molecule has 1 heterocycles. The van der Waals surface area contributed by atoms with Gasteiger partial charge < -0.3 is 15.6 Å². The quantitative estimate of drug-likeness (QED) is 0.878. The number of aromatic nitrogens is 1. The Morgan fingerprint density at radius 3 is 2.43 bits per heavy atom. The highest BCUT2D eigenvalue weighted by atomic mass is 79.9. The summed E-state index contributed by atoms with van der Waals surface area (Å²) in [5, 5.41) is 3.01. The smallest absolute Gasteiger partial charge is 0.268 e. The van der Waals surface area contributed by atoms with Gasteiger partial charge in [0.25, 0.3) is 5.91 Å². The van der Waals surface area contributed by atoms with Gasteiger partial charge in [-0.25, -0.2) is 0 Å². The van der Waals surface area contributed by atoms with Gasteiger partial charge in [0.05, 0.1) is 11.7 Å². The first-order valence-electron chi connectivity index (χ1n) is 6.92. The van der Waals surface area contributed by atoms with Gasteiger partial charge >= 0.3 is 0 Å². The van der Waals surface area contributed by atoms with Crippen molar-refractivity contribution < 1.29 is 4.79 Å². The minimum atomic E-state index is -0.115. The van der Waals surface area contributed by atoms with Crippen LogP contribution in [0.25, 0.3) is 0 Å². The molecule has 0 aliphatic carbocycles. The van der Waals surface area contributed by atoms with E-state index in [2.05, 4.69) is 21.2 Å². The topological polar surface area (TPSA) is 60.0 Å². The molecule has 0 spiro atoms. The first kappa shape index (κ1) is 15.6. The molecule has 0 radical (unpaired) electrons. The zero-order valence-electron chi connectivity index (χ0n) is 12.4. The Morgan fingerprint density at radius 2 is 1.86 bits per heavy atom. The Kier molecular flexibility index (Phi) is 4.73. The van der Waals surface area contributed by atoms with E-state index in [1.807, 2.05) is 49.6 Å². The average Bonchev–Trinajstić information content (AvgIpc) is 2.82. The van der Waals surface area contributed by atoms with E-state index < -0.39 is 0 Å². The maximum absolute atomic E-state index is 12.4. The lowest BCUT2D eigenvalue weighted by Crippen LogP contribution is -2.28. The van der Waals surface area contributed by atoms with E-state index in [-0.39, 0.29) is 18.0 Å². The highest BCUT2D eigenvalue weighted by Crippen LogP contribution is 2.19. The number of carbonyl (C=O) groups excluding carboxylic acids is 1. The SMILES string of the molecule is CC(C)n1cc(N)cc1C(=O)N[C@H](C)c1ccc(Br)cc1. The summed E-state index contributed by atoms with van der Waals surface area (Å²) in [5.74, 6) is -0.115. The number of anilines is 1. The summed E-state index contributed by atoms with van der Waals surface area (Å²) < 4.78 is 2.91. The van der Waals surface area contributed by atoms with E-state index in [1.54, 1.807) is 12.3 Å². The van der Waals surface area contributed by atoms with Crippen LogP contribution in [0.3, 0.4) is 0 Å². The summed E-state index contributed by atoms with van der Waals surface area (Å²) in [7, 11) is 0. The molecule has 0 aliphatic rings. The normalized spacial score (nSPS) is 12.4. The first-order valence-corrected chi connectivity index (χ1v) is 7.71. The Morgan fingerprint density at radius 1 is 1.24 bits per heavy atom. The molecule has 1 amide bonds. The molecule has 0 saturated carbocycles. The third-order valence-electron chi connectivity index (χ3n) is 3.38. The number of hydrogen-bond donors (Lipinski definition) is 2. The maximum atomic E-state index is 12.4. The van der Waals surface area contributed by atoms with E-state index in [4.69, 9.17) is 5.73 Å². The number of rotatable bonds is 4. The second-order valence-electron chi connectivity index (χ2n) is 5.41. The van der Waals surface area contributed by atoms with E-state index in [9.17, 15) is 4.79 Å². The molecule has 1 aromatic heterocycles. The molecule has 1 atom stereocenters. The third-order valence-corrected chi connectivity index (χ3v) is 3.90. The number of amides is 1. The molecule has 4 nitrogen and oxygen atoms in total. The van der Waals surface area contributed by atoms with Crippen LogP contribution in [0, 0.1) is 0 Å². The van der Waals surface area contributed by atoms with Crippen LogP contribution in [0.2, 0.25) is 0 Å². The van der Waals surface area contributed by atoms with E-state index >= 15 is 0 Å². The van der Waals surface area contributed by atoms with Gasteiger partial charge in [0.1, 0.15) is 5.69 Å². The number of nitrogens with one attached hydrogen (secondary N) is 1. The third kappa shape index (κ3) is 3.67. The van der Waals surface area contributed by atoms with E-state index in [1.165, 1.54) is 0 Å². The molecular formula is C16H20BrN3O. The van der Waals surface area contributed by atoms with Crippen molar-refractivity contribution in [2.24, 2.45) is 0 Å². The zero-order valence-corrected chi connectivity index (χ0v) is 14.0. The molecule has 0 saturated heterocycles. The highest BCUT2D eigenvalue weighted by molar-refractivity contribution is 9.10. The summed E-state index contributed by atoms with van der Waals surface area (Å²) in [4.78, 5) is 12.4. The van der Waals surface area contributed by atoms with Gasteiger partial charge in [-0.15, -0.1) is 0 Å². The molecule has 2 aromatic rings. The Labute approximate surface area is 133 Å². The van der Waals surface area contributed by atoms with Crippen LogP contribution in [0.4, 0.5) is 5.69 Å². The summed E-state index contributed by atoms with van der Waals surface area (Å²) in [6, 6.07) is 9.74. The van der Waals surface area contributed by atoms with E-state index in [0.717, 1.165) is 10.0 Å². The molecule has 5 heteroatoms. The van der Waals surface area contributed by atoms with Crippen LogP contribution in [-0.2, 0) is 0 Å². The van der Waals surface area contributed by atoms with Gasteiger partial charge in [-0.2, -0.15) is 0 Å². The number of nitrogens with two attached hydrogens (primary N) is 1. The van der Waals surface area contributed by atoms with Crippen LogP contribution >= 0.6 is 15.9 Å². The molecule has 2 rings (SSSR count). The van der Waals surface area contributed by atoms with Gasteiger partial charge in [0.2, 0.25) is 0 Å². The number of carbonyl (C=O) groups is 1. The lowest BCUT2D eigenvalue weighted by molar-refractivity contribution is 0.0929. The number of halogens is 1. The van der Waals surface area contributed by atoms with Gasteiger partial charge in [-0.05, 0) is 44.5 Å². The van der Waals surface area contributed by atoms with Crippen molar-refractivity contribution in [2.45, 2.75) is 32.9 Å². The van der Waals surface area contributed by atoms with Gasteiger partial charge in [0.15, 0.2) is 0 Å². The Hall–Kier alpha value is -1.75. The summed E-state index contributed by atoms with van der Waals surface area (Å²) in [6.45, 7) is 6.01. The Bertz CT molecular complexity index is 631. The molecule has 112 valence electrons. The first-order chi connectivity index (χ1) is 9.88.